The van der Waals surface area contributed by atoms with E-state index in [2.05, 4.69) is 20.1 Å². The van der Waals surface area contributed by atoms with Gasteiger partial charge in [-0.25, -0.2) is 9.37 Å². The Morgan fingerprint density at radius 1 is 1.18 bits per heavy atom. The second-order valence-electron chi connectivity index (χ2n) is 5.06. The van der Waals surface area contributed by atoms with Crippen LogP contribution in [0.1, 0.15) is 0 Å². The van der Waals surface area contributed by atoms with E-state index in [4.69, 9.17) is 0 Å². The van der Waals surface area contributed by atoms with Crippen LogP contribution in [-0.2, 0) is 7.05 Å². The van der Waals surface area contributed by atoms with Crippen LogP contribution in [0.3, 0.4) is 0 Å². The lowest BCUT2D eigenvalue weighted by molar-refractivity contribution is 0.622. The molecule has 0 spiro atoms. The van der Waals surface area contributed by atoms with E-state index in [0.717, 1.165) is 22.2 Å². The highest BCUT2D eigenvalue weighted by Crippen LogP contribution is 2.34. The highest BCUT2D eigenvalue weighted by molar-refractivity contribution is 5.96. The first-order chi connectivity index (χ1) is 10.7. The predicted molar refractivity (Wildman–Crippen MR) is 81.5 cm³/mol. The van der Waals surface area contributed by atoms with Crippen LogP contribution < -0.4 is 0 Å². The van der Waals surface area contributed by atoms with Gasteiger partial charge >= 0.3 is 0 Å². The van der Waals surface area contributed by atoms with E-state index in [1.807, 2.05) is 31.6 Å². The largest absolute Gasteiger partial charge is 0.346 e. The molecule has 4 aromatic heterocycles. The molecule has 0 unspecified atom stereocenters. The van der Waals surface area contributed by atoms with Gasteiger partial charge in [-0.2, -0.15) is 5.10 Å². The van der Waals surface area contributed by atoms with E-state index in [0.29, 0.717) is 11.3 Å². The number of hydrogen-bond donors (Lipinski definition) is 1. The average molecular weight is 293 g/mol. The van der Waals surface area contributed by atoms with Gasteiger partial charge in [0, 0.05) is 48.3 Å². The number of aryl methyl sites for hydroxylation is 1. The van der Waals surface area contributed by atoms with E-state index in [-0.39, 0.29) is 5.82 Å². The van der Waals surface area contributed by atoms with Gasteiger partial charge in [-0.15, -0.1) is 0 Å². The molecule has 0 fully saturated rings. The van der Waals surface area contributed by atoms with Gasteiger partial charge in [0.25, 0.3) is 0 Å². The van der Waals surface area contributed by atoms with E-state index in [9.17, 15) is 4.39 Å². The lowest BCUT2D eigenvalue weighted by Crippen LogP contribution is -1.89. The number of rotatable bonds is 2. The number of aromatic amines is 1. The number of aromatic nitrogens is 5. The first kappa shape index (κ1) is 12.7. The molecular weight excluding hydrogens is 281 g/mol. The number of halogens is 1. The van der Waals surface area contributed by atoms with Crippen LogP contribution in [0.5, 0.6) is 0 Å². The minimum Gasteiger partial charge on any atom is -0.346 e. The van der Waals surface area contributed by atoms with Gasteiger partial charge in [-0.05, 0) is 23.8 Å². The van der Waals surface area contributed by atoms with Crippen molar-refractivity contribution in [3.8, 4) is 22.4 Å². The zero-order chi connectivity index (χ0) is 15.1. The third kappa shape index (κ3) is 1.96. The molecule has 0 saturated heterocycles. The summed E-state index contributed by atoms with van der Waals surface area (Å²) in [5.41, 5.74) is 4.07. The summed E-state index contributed by atoms with van der Waals surface area (Å²) in [4.78, 5) is 11.3. The maximum absolute atomic E-state index is 13.5. The summed E-state index contributed by atoms with van der Waals surface area (Å²) in [6.07, 6.45) is 8.31. The van der Waals surface area contributed by atoms with Crippen molar-refractivity contribution in [2.24, 2.45) is 7.05 Å². The van der Waals surface area contributed by atoms with Gasteiger partial charge in [-0.1, -0.05) is 0 Å². The molecule has 4 aromatic rings. The third-order valence-corrected chi connectivity index (χ3v) is 3.56. The molecule has 5 nitrogen and oxygen atoms in total. The summed E-state index contributed by atoms with van der Waals surface area (Å²) >= 11 is 0. The highest BCUT2D eigenvalue weighted by Gasteiger charge is 2.15. The molecule has 0 aliphatic heterocycles. The molecule has 0 aliphatic rings. The maximum atomic E-state index is 13.5. The molecule has 4 rings (SSSR count). The van der Waals surface area contributed by atoms with Crippen molar-refractivity contribution in [3.05, 3.63) is 55.0 Å². The monoisotopic (exact) mass is 293 g/mol. The Morgan fingerprint density at radius 2 is 2.09 bits per heavy atom. The molecule has 0 aliphatic carbocycles. The third-order valence-electron chi connectivity index (χ3n) is 3.56. The number of fused-ring (bicyclic) bond motifs is 1. The quantitative estimate of drug-likeness (QED) is 0.617. The van der Waals surface area contributed by atoms with E-state index < -0.39 is 0 Å². The molecule has 0 bridgehead atoms. The van der Waals surface area contributed by atoms with Gasteiger partial charge < -0.3 is 4.98 Å². The van der Waals surface area contributed by atoms with Crippen molar-refractivity contribution in [1.82, 2.24) is 24.7 Å². The van der Waals surface area contributed by atoms with E-state index in [1.165, 1.54) is 12.3 Å². The van der Waals surface area contributed by atoms with Crippen LogP contribution >= 0.6 is 0 Å². The maximum Gasteiger partial charge on any atom is 0.142 e. The smallest absolute Gasteiger partial charge is 0.142 e. The molecule has 0 radical (unpaired) electrons. The summed E-state index contributed by atoms with van der Waals surface area (Å²) in [6, 6.07) is 5.34. The van der Waals surface area contributed by atoms with Crippen molar-refractivity contribution in [3.63, 3.8) is 0 Å². The van der Waals surface area contributed by atoms with Gasteiger partial charge in [0.05, 0.1) is 6.20 Å². The Labute approximate surface area is 125 Å². The molecule has 0 atom stereocenters. The zero-order valence-corrected chi connectivity index (χ0v) is 11.8. The van der Waals surface area contributed by atoms with Gasteiger partial charge in [0.15, 0.2) is 0 Å². The Morgan fingerprint density at radius 3 is 2.95 bits per heavy atom. The lowest BCUT2D eigenvalue weighted by Gasteiger charge is -2.04. The van der Waals surface area contributed by atoms with Crippen molar-refractivity contribution in [2.75, 3.05) is 0 Å². The zero-order valence-electron chi connectivity index (χ0n) is 11.8. The molecular formula is C16H12FN5. The molecule has 0 aromatic carbocycles. The first-order valence-corrected chi connectivity index (χ1v) is 6.79. The van der Waals surface area contributed by atoms with Crippen LogP contribution in [-0.4, -0.2) is 24.7 Å². The molecule has 4 heterocycles. The molecule has 6 heteroatoms. The molecule has 108 valence electrons. The van der Waals surface area contributed by atoms with Crippen LogP contribution in [0.2, 0.25) is 0 Å². The van der Waals surface area contributed by atoms with Crippen molar-refractivity contribution >= 4 is 11.0 Å². The number of pyridine rings is 2. The topological polar surface area (TPSA) is 59.4 Å². The summed E-state index contributed by atoms with van der Waals surface area (Å²) in [6.45, 7) is 0. The Bertz CT molecular complexity index is 970. The fraction of sp³-hybridized carbons (Fsp3) is 0.0625. The summed E-state index contributed by atoms with van der Waals surface area (Å²) < 4.78 is 15.2. The summed E-state index contributed by atoms with van der Waals surface area (Å²) in [7, 11) is 1.84. The van der Waals surface area contributed by atoms with Crippen LogP contribution in [0.4, 0.5) is 4.39 Å². The SMILES string of the molecule is Cn1cc(-c2ccnc3[nH]ccc23)c(-c2cncc(F)c2)n1. The molecule has 1 N–H and O–H groups in total. The molecule has 22 heavy (non-hydrogen) atoms. The number of nitrogens with zero attached hydrogens (tertiary/aromatic N) is 4. The predicted octanol–water partition coefficient (Wildman–Crippen LogP) is 3.16. The Hall–Kier alpha value is -3.02. The van der Waals surface area contributed by atoms with Crippen LogP contribution in [0.25, 0.3) is 33.4 Å². The second kappa shape index (κ2) is 4.77. The minimum atomic E-state index is -0.379. The van der Waals surface area contributed by atoms with Crippen molar-refractivity contribution in [2.45, 2.75) is 0 Å². The lowest BCUT2D eigenvalue weighted by atomic mass is 10.0. The number of nitrogens with one attached hydrogen (secondary N) is 1. The first-order valence-electron chi connectivity index (χ1n) is 6.79. The van der Waals surface area contributed by atoms with Crippen LogP contribution in [0.15, 0.2) is 49.2 Å². The van der Waals surface area contributed by atoms with Gasteiger partial charge in [-0.3, -0.25) is 9.67 Å². The fourth-order valence-electron chi connectivity index (χ4n) is 2.64. The minimum absolute atomic E-state index is 0.379. The fourth-order valence-corrected chi connectivity index (χ4v) is 2.64. The van der Waals surface area contributed by atoms with E-state index >= 15 is 0 Å². The second-order valence-corrected chi connectivity index (χ2v) is 5.06. The Kier molecular flexibility index (Phi) is 2.75. The normalized spacial score (nSPS) is 11.2. The highest BCUT2D eigenvalue weighted by atomic mass is 19.1. The standard InChI is InChI=1S/C16H12FN5/c1-22-9-14(12-2-4-19-16-13(12)3-5-20-16)15(21-22)10-6-11(17)8-18-7-10/h2-9H,1H3,(H,19,20). The molecule has 0 saturated carbocycles. The van der Waals surface area contributed by atoms with Crippen LogP contribution in [0, 0.1) is 5.82 Å². The van der Waals surface area contributed by atoms with Gasteiger partial charge in [0.2, 0.25) is 0 Å². The van der Waals surface area contributed by atoms with Gasteiger partial charge in [0.1, 0.15) is 17.2 Å². The van der Waals surface area contributed by atoms with E-state index in [1.54, 1.807) is 17.1 Å². The Balaban J connectivity index is 1.99. The average Bonchev–Trinajstić information content (AvgIpc) is 3.13. The van der Waals surface area contributed by atoms with Crippen molar-refractivity contribution in [1.29, 1.82) is 0 Å². The summed E-state index contributed by atoms with van der Waals surface area (Å²) in [5, 5.41) is 5.47. The number of H-pyrrole nitrogens is 1. The number of hydrogen-bond acceptors (Lipinski definition) is 3. The summed E-state index contributed by atoms with van der Waals surface area (Å²) in [5.74, 6) is -0.379. The molecule has 0 amide bonds. The van der Waals surface area contributed by atoms with Crippen molar-refractivity contribution < 1.29 is 4.39 Å².